The van der Waals surface area contributed by atoms with Crippen LogP contribution in [0.15, 0.2) is 66.7 Å². The van der Waals surface area contributed by atoms with Gasteiger partial charge in [-0.25, -0.2) is 4.98 Å². The molecule has 1 heterocycles. The fourth-order valence-electron chi connectivity index (χ4n) is 2.63. The monoisotopic (exact) mass is 338 g/mol. The van der Waals surface area contributed by atoms with E-state index in [-0.39, 0.29) is 0 Å². The highest BCUT2D eigenvalue weighted by Gasteiger charge is 2.09. The number of imidazole rings is 1. The van der Waals surface area contributed by atoms with Crippen molar-refractivity contribution in [1.82, 2.24) is 9.97 Å². The molecule has 0 spiro atoms. The highest BCUT2D eigenvalue weighted by molar-refractivity contribution is 6.38. The van der Waals surface area contributed by atoms with Gasteiger partial charge in [-0.1, -0.05) is 77.8 Å². The van der Waals surface area contributed by atoms with Gasteiger partial charge in [0.1, 0.15) is 11.3 Å². The number of hydrogen-bond donors (Lipinski definition) is 1. The second-order valence-corrected chi connectivity index (χ2v) is 6.16. The molecular weight excluding hydrogens is 327 g/mol. The van der Waals surface area contributed by atoms with Crippen LogP contribution in [-0.4, -0.2) is 9.97 Å². The maximum absolute atomic E-state index is 6.20. The van der Waals surface area contributed by atoms with E-state index in [0.29, 0.717) is 10.0 Å². The molecule has 0 aliphatic rings. The zero-order chi connectivity index (χ0) is 15.8. The van der Waals surface area contributed by atoms with Crippen LogP contribution in [0.25, 0.3) is 33.5 Å². The molecule has 0 radical (unpaired) electrons. The average Bonchev–Trinajstić information content (AvgIpc) is 3.00. The average molecular weight is 339 g/mol. The third kappa shape index (κ3) is 2.72. The first-order chi connectivity index (χ1) is 11.2. The molecule has 0 aliphatic heterocycles. The van der Waals surface area contributed by atoms with Crippen LogP contribution < -0.4 is 0 Å². The van der Waals surface area contributed by atoms with Gasteiger partial charge in [0.05, 0.1) is 10.5 Å². The highest BCUT2D eigenvalue weighted by Crippen LogP contribution is 2.30. The Morgan fingerprint density at radius 2 is 1.39 bits per heavy atom. The van der Waals surface area contributed by atoms with Gasteiger partial charge in [0.15, 0.2) is 0 Å². The first-order valence-corrected chi connectivity index (χ1v) is 7.97. The minimum Gasteiger partial charge on any atom is -0.338 e. The van der Waals surface area contributed by atoms with Gasteiger partial charge in [0.25, 0.3) is 0 Å². The van der Waals surface area contributed by atoms with E-state index in [1.807, 2.05) is 24.3 Å². The maximum atomic E-state index is 6.20. The predicted molar refractivity (Wildman–Crippen MR) is 97.0 cm³/mol. The molecule has 3 aromatic carbocycles. The van der Waals surface area contributed by atoms with E-state index in [1.54, 1.807) is 6.07 Å². The summed E-state index contributed by atoms with van der Waals surface area (Å²) >= 11 is 12.2. The van der Waals surface area contributed by atoms with Crippen molar-refractivity contribution in [2.75, 3.05) is 0 Å². The van der Waals surface area contributed by atoms with Crippen molar-refractivity contribution < 1.29 is 0 Å². The highest BCUT2D eigenvalue weighted by atomic mass is 35.5. The molecule has 4 heteroatoms. The molecule has 0 fully saturated rings. The van der Waals surface area contributed by atoms with Crippen LogP contribution in [0.3, 0.4) is 0 Å². The van der Waals surface area contributed by atoms with Crippen LogP contribution >= 0.6 is 23.2 Å². The van der Waals surface area contributed by atoms with Gasteiger partial charge in [-0.3, -0.25) is 0 Å². The third-order valence-corrected chi connectivity index (χ3v) is 4.28. The van der Waals surface area contributed by atoms with Crippen molar-refractivity contribution in [1.29, 1.82) is 0 Å². The largest absolute Gasteiger partial charge is 0.338 e. The number of aromatic nitrogens is 2. The maximum Gasteiger partial charge on any atom is 0.138 e. The smallest absolute Gasteiger partial charge is 0.138 e. The summed E-state index contributed by atoms with van der Waals surface area (Å²) in [7, 11) is 0. The second kappa shape index (κ2) is 5.73. The zero-order valence-electron chi connectivity index (χ0n) is 12.1. The van der Waals surface area contributed by atoms with Crippen LogP contribution in [-0.2, 0) is 0 Å². The molecule has 0 atom stereocenters. The molecule has 2 nitrogen and oxygen atoms in total. The lowest BCUT2D eigenvalue weighted by atomic mass is 10.0. The van der Waals surface area contributed by atoms with Crippen LogP contribution in [0.5, 0.6) is 0 Å². The number of aromatic amines is 1. The van der Waals surface area contributed by atoms with E-state index in [4.69, 9.17) is 23.2 Å². The van der Waals surface area contributed by atoms with Crippen molar-refractivity contribution in [3.63, 3.8) is 0 Å². The minimum absolute atomic E-state index is 0.552. The van der Waals surface area contributed by atoms with E-state index in [9.17, 15) is 0 Å². The molecule has 112 valence electrons. The lowest BCUT2D eigenvalue weighted by Gasteiger charge is -2.02. The lowest BCUT2D eigenvalue weighted by Crippen LogP contribution is -1.81. The summed E-state index contributed by atoms with van der Waals surface area (Å²) in [4.78, 5) is 7.85. The van der Waals surface area contributed by atoms with E-state index in [2.05, 4.69) is 46.4 Å². The van der Waals surface area contributed by atoms with Crippen LogP contribution in [0.4, 0.5) is 0 Å². The molecule has 0 aliphatic carbocycles. The number of H-pyrrole nitrogens is 1. The minimum atomic E-state index is 0.552. The Bertz CT molecular complexity index is 974. The van der Waals surface area contributed by atoms with Crippen LogP contribution in [0, 0.1) is 0 Å². The van der Waals surface area contributed by atoms with Crippen LogP contribution in [0.2, 0.25) is 10.0 Å². The summed E-state index contributed by atoms with van der Waals surface area (Å²) in [5, 5.41) is 1.15. The molecule has 1 N–H and O–H groups in total. The van der Waals surface area contributed by atoms with E-state index in [0.717, 1.165) is 22.4 Å². The Labute approximate surface area is 143 Å². The summed E-state index contributed by atoms with van der Waals surface area (Å²) in [6.07, 6.45) is 0. The second-order valence-electron chi connectivity index (χ2n) is 5.31. The number of fused-ring (bicyclic) bond motifs is 1. The Morgan fingerprint density at radius 3 is 2.13 bits per heavy atom. The molecule has 1 aromatic heterocycles. The number of benzene rings is 3. The molecule has 4 aromatic rings. The Hall–Kier alpha value is -2.29. The summed E-state index contributed by atoms with van der Waals surface area (Å²) in [5.41, 5.74) is 4.95. The molecule has 0 saturated carbocycles. The standard InChI is InChI=1S/C19H12Cl2N2/c20-15-10-16(21)18-17(11-15)22-19(23-18)14-8-6-13(7-9-14)12-4-2-1-3-5-12/h1-11H,(H,22,23). The summed E-state index contributed by atoms with van der Waals surface area (Å²) in [6, 6.07) is 22.1. The number of nitrogens with one attached hydrogen (secondary N) is 1. The summed E-state index contributed by atoms with van der Waals surface area (Å²) in [5.74, 6) is 0.781. The fraction of sp³-hybridized carbons (Fsp3) is 0. The van der Waals surface area contributed by atoms with Gasteiger partial charge in [0, 0.05) is 10.6 Å². The number of halogens is 2. The van der Waals surface area contributed by atoms with Crippen molar-refractivity contribution in [3.05, 3.63) is 76.8 Å². The Kier molecular flexibility index (Phi) is 3.56. The molecule has 23 heavy (non-hydrogen) atoms. The topological polar surface area (TPSA) is 28.7 Å². The quantitative estimate of drug-likeness (QED) is 0.462. The number of hydrogen-bond acceptors (Lipinski definition) is 1. The summed E-state index contributed by atoms with van der Waals surface area (Å²) < 4.78 is 0. The normalized spacial score (nSPS) is 11.0. The van der Waals surface area contributed by atoms with Crippen molar-refractivity contribution in [3.8, 4) is 22.5 Å². The predicted octanol–water partition coefficient (Wildman–Crippen LogP) is 6.20. The van der Waals surface area contributed by atoms with Gasteiger partial charge in [-0.05, 0) is 23.3 Å². The van der Waals surface area contributed by atoms with Crippen molar-refractivity contribution in [2.45, 2.75) is 0 Å². The lowest BCUT2D eigenvalue weighted by molar-refractivity contribution is 1.34. The number of nitrogens with zero attached hydrogens (tertiary/aromatic N) is 1. The SMILES string of the molecule is Clc1cc(Cl)c2nc(-c3ccc(-c4ccccc4)cc3)[nH]c2c1. The van der Waals surface area contributed by atoms with Gasteiger partial charge < -0.3 is 4.98 Å². The van der Waals surface area contributed by atoms with Crippen molar-refractivity contribution >= 4 is 34.2 Å². The van der Waals surface area contributed by atoms with E-state index in [1.165, 1.54) is 11.1 Å². The van der Waals surface area contributed by atoms with E-state index < -0.39 is 0 Å². The van der Waals surface area contributed by atoms with Gasteiger partial charge in [-0.2, -0.15) is 0 Å². The molecule has 0 saturated heterocycles. The van der Waals surface area contributed by atoms with Gasteiger partial charge in [0.2, 0.25) is 0 Å². The van der Waals surface area contributed by atoms with Crippen molar-refractivity contribution in [2.24, 2.45) is 0 Å². The first kappa shape index (κ1) is 14.3. The number of rotatable bonds is 2. The van der Waals surface area contributed by atoms with Gasteiger partial charge >= 0.3 is 0 Å². The fourth-order valence-corrected chi connectivity index (χ4v) is 3.17. The van der Waals surface area contributed by atoms with Gasteiger partial charge in [-0.15, -0.1) is 0 Å². The van der Waals surface area contributed by atoms with E-state index >= 15 is 0 Å². The Balaban J connectivity index is 1.75. The molecular formula is C19H12Cl2N2. The van der Waals surface area contributed by atoms with Crippen LogP contribution in [0.1, 0.15) is 0 Å². The molecule has 0 unspecified atom stereocenters. The molecule has 4 rings (SSSR count). The Morgan fingerprint density at radius 1 is 0.739 bits per heavy atom. The molecule has 0 amide bonds. The third-order valence-electron chi connectivity index (χ3n) is 3.77. The molecule has 0 bridgehead atoms. The summed E-state index contributed by atoms with van der Waals surface area (Å²) in [6.45, 7) is 0. The zero-order valence-corrected chi connectivity index (χ0v) is 13.6. The first-order valence-electron chi connectivity index (χ1n) is 7.21.